The third kappa shape index (κ3) is 2.12. The Bertz CT molecular complexity index is 373. The fourth-order valence-corrected chi connectivity index (χ4v) is 2.88. The Labute approximate surface area is 96.9 Å². The Morgan fingerprint density at radius 3 is 3.00 bits per heavy atom. The normalized spacial score (nSPS) is 25.2. The van der Waals surface area contributed by atoms with Gasteiger partial charge in [-0.1, -0.05) is 12.8 Å². The van der Waals surface area contributed by atoms with E-state index in [4.69, 9.17) is 11.0 Å². The molecular formula is C13H19N3. The molecule has 0 aromatic carbocycles. The Morgan fingerprint density at radius 1 is 1.44 bits per heavy atom. The Hall–Kier alpha value is -1.27. The lowest BCUT2D eigenvalue weighted by atomic mass is 9.82. The lowest BCUT2D eigenvalue weighted by molar-refractivity contribution is 0.228. The minimum absolute atomic E-state index is 0.488. The highest BCUT2D eigenvalue weighted by atomic mass is 15.0. The molecule has 16 heavy (non-hydrogen) atoms. The molecule has 1 fully saturated rings. The Balaban J connectivity index is 2.20. The van der Waals surface area contributed by atoms with E-state index < -0.39 is 0 Å². The first kappa shape index (κ1) is 11.2. The van der Waals surface area contributed by atoms with Gasteiger partial charge in [-0.15, -0.1) is 0 Å². The molecule has 0 spiro atoms. The van der Waals surface area contributed by atoms with Gasteiger partial charge in [-0.25, -0.2) is 0 Å². The molecule has 0 saturated heterocycles. The van der Waals surface area contributed by atoms with Gasteiger partial charge in [-0.2, -0.15) is 5.26 Å². The van der Waals surface area contributed by atoms with Gasteiger partial charge in [-0.05, 0) is 43.9 Å². The largest absolute Gasteiger partial charge is 0.336 e. The van der Waals surface area contributed by atoms with E-state index in [1.807, 2.05) is 18.3 Å². The third-order valence-electron chi connectivity index (χ3n) is 3.66. The van der Waals surface area contributed by atoms with Crippen molar-refractivity contribution < 1.29 is 0 Å². The molecule has 1 aromatic rings. The second-order valence-electron chi connectivity index (χ2n) is 4.60. The fraction of sp³-hybridized carbons (Fsp3) is 0.615. The van der Waals surface area contributed by atoms with Gasteiger partial charge in [-0.3, -0.25) is 0 Å². The van der Waals surface area contributed by atoms with Gasteiger partial charge in [0, 0.05) is 12.2 Å². The van der Waals surface area contributed by atoms with Crippen LogP contribution in [0.25, 0.3) is 0 Å². The zero-order valence-electron chi connectivity index (χ0n) is 9.60. The first-order chi connectivity index (χ1) is 7.86. The lowest BCUT2D eigenvalue weighted by Crippen LogP contribution is -2.25. The maximum Gasteiger partial charge on any atom is 0.120 e. The van der Waals surface area contributed by atoms with Gasteiger partial charge in [0.1, 0.15) is 11.8 Å². The minimum atomic E-state index is 0.488. The summed E-state index contributed by atoms with van der Waals surface area (Å²) in [6.45, 7) is 0.754. The van der Waals surface area contributed by atoms with Crippen molar-refractivity contribution in [3.8, 4) is 6.07 Å². The molecule has 2 atom stereocenters. The average Bonchev–Trinajstić information content (AvgIpc) is 2.78. The van der Waals surface area contributed by atoms with Crippen LogP contribution in [0.5, 0.6) is 0 Å². The molecule has 0 amide bonds. The number of nitrogens with two attached hydrogens (primary N) is 1. The number of hydrogen-bond acceptors (Lipinski definition) is 2. The number of aromatic nitrogens is 1. The van der Waals surface area contributed by atoms with Gasteiger partial charge >= 0.3 is 0 Å². The van der Waals surface area contributed by atoms with Crippen molar-refractivity contribution >= 4 is 0 Å². The highest BCUT2D eigenvalue weighted by Crippen LogP contribution is 2.36. The summed E-state index contributed by atoms with van der Waals surface area (Å²) in [7, 11) is 0. The van der Waals surface area contributed by atoms with Crippen LogP contribution in [0.15, 0.2) is 18.3 Å². The summed E-state index contributed by atoms with van der Waals surface area (Å²) in [4.78, 5) is 0. The second-order valence-corrected chi connectivity index (χ2v) is 4.60. The average molecular weight is 217 g/mol. The summed E-state index contributed by atoms with van der Waals surface area (Å²) in [5.41, 5.74) is 6.46. The molecule has 3 heteroatoms. The summed E-state index contributed by atoms with van der Waals surface area (Å²) in [6, 6.07) is 6.62. The summed E-state index contributed by atoms with van der Waals surface area (Å²) in [6.07, 6.45) is 8.14. The van der Waals surface area contributed by atoms with E-state index in [1.54, 1.807) is 0 Å². The summed E-state index contributed by atoms with van der Waals surface area (Å²) < 4.78 is 2.15. The van der Waals surface area contributed by atoms with Gasteiger partial charge < -0.3 is 10.3 Å². The van der Waals surface area contributed by atoms with E-state index in [9.17, 15) is 0 Å². The third-order valence-corrected chi connectivity index (χ3v) is 3.66. The SMILES string of the molecule is N#Cc1cccn1C1CCCCC1CCN. The smallest absolute Gasteiger partial charge is 0.120 e. The molecule has 0 bridgehead atoms. The van der Waals surface area contributed by atoms with Crippen molar-refractivity contribution in [2.24, 2.45) is 11.7 Å². The monoisotopic (exact) mass is 217 g/mol. The maximum absolute atomic E-state index is 9.06. The zero-order valence-corrected chi connectivity index (χ0v) is 9.60. The van der Waals surface area contributed by atoms with Crippen molar-refractivity contribution in [2.45, 2.75) is 38.1 Å². The molecule has 1 aliphatic carbocycles. The van der Waals surface area contributed by atoms with Crippen LogP contribution in [0.2, 0.25) is 0 Å². The molecule has 0 radical (unpaired) electrons. The molecule has 1 saturated carbocycles. The van der Waals surface area contributed by atoms with Crippen LogP contribution in [0.3, 0.4) is 0 Å². The molecule has 2 unspecified atom stereocenters. The predicted octanol–water partition coefficient (Wildman–Crippen LogP) is 2.44. The van der Waals surface area contributed by atoms with E-state index in [0.29, 0.717) is 12.0 Å². The zero-order chi connectivity index (χ0) is 11.4. The van der Waals surface area contributed by atoms with Crippen LogP contribution < -0.4 is 5.73 Å². The highest BCUT2D eigenvalue weighted by Gasteiger charge is 2.26. The predicted molar refractivity (Wildman–Crippen MR) is 63.8 cm³/mol. The van der Waals surface area contributed by atoms with Crippen LogP contribution in [0.4, 0.5) is 0 Å². The van der Waals surface area contributed by atoms with E-state index in [1.165, 1.54) is 25.7 Å². The number of rotatable bonds is 3. The van der Waals surface area contributed by atoms with Gasteiger partial charge in [0.25, 0.3) is 0 Å². The van der Waals surface area contributed by atoms with Crippen molar-refractivity contribution in [2.75, 3.05) is 6.54 Å². The van der Waals surface area contributed by atoms with Crippen molar-refractivity contribution in [3.63, 3.8) is 0 Å². The second kappa shape index (κ2) is 5.18. The Morgan fingerprint density at radius 2 is 2.25 bits per heavy atom. The summed E-state index contributed by atoms with van der Waals surface area (Å²) in [5, 5.41) is 9.06. The highest BCUT2D eigenvalue weighted by molar-refractivity contribution is 5.23. The number of nitriles is 1. The topological polar surface area (TPSA) is 54.7 Å². The van der Waals surface area contributed by atoms with Crippen LogP contribution in [0, 0.1) is 17.2 Å². The molecule has 2 rings (SSSR count). The van der Waals surface area contributed by atoms with E-state index in [2.05, 4.69) is 10.6 Å². The summed E-state index contributed by atoms with van der Waals surface area (Å²) >= 11 is 0. The molecule has 1 aromatic heterocycles. The Kier molecular flexibility index (Phi) is 3.63. The molecular weight excluding hydrogens is 198 g/mol. The number of nitrogens with zero attached hydrogens (tertiary/aromatic N) is 2. The minimum Gasteiger partial charge on any atom is -0.336 e. The molecule has 1 aliphatic rings. The number of hydrogen-bond donors (Lipinski definition) is 1. The maximum atomic E-state index is 9.06. The van der Waals surface area contributed by atoms with Crippen molar-refractivity contribution in [1.82, 2.24) is 4.57 Å². The van der Waals surface area contributed by atoms with E-state index >= 15 is 0 Å². The van der Waals surface area contributed by atoms with Gasteiger partial charge in [0.2, 0.25) is 0 Å². The molecule has 86 valence electrons. The van der Waals surface area contributed by atoms with Crippen LogP contribution >= 0.6 is 0 Å². The van der Waals surface area contributed by atoms with Crippen molar-refractivity contribution in [3.05, 3.63) is 24.0 Å². The van der Waals surface area contributed by atoms with Crippen LogP contribution in [0.1, 0.15) is 43.8 Å². The molecule has 3 nitrogen and oxygen atoms in total. The van der Waals surface area contributed by atoms with E-state index in [-0.39, 0.29) is 0 Å². The quantitative estimate of drug-likeness (QED) is 0.845. The van der Waals surface area contributed by atoms with Crippen molar-refractivity contribution in [1.29, 1.82) is 5.26 Å². The van der Waals surface area contributed by atoms with Crippen LogP contribution in [-0.2, 0) is 0 Å². The molecule has 0 aliphatic heterocycles. The lowest BCUT2D eigenvalue weighted by Gasteiger charge is -2.33. The summed E-state index contributed by atoms with van der Waals surface area (Å²) in [5.74, 6) is 0.651. The van der Waals surface area contributed by atoms with Gasteiger partial charge in [0.05, 0.1) is 0 Å². The van der Waals surface area contributed by atoms with Gasteiger partial charge in [0.15, 0.2) is 0 Å². The standard InChI is InChI=1S/C13H19N3/c14-8-7-11-4-1-2-6-13(11)16-9-3-5-12(16)10-15/h3,5,9,11,13H,1-2,4,6-8,14H2. The molecule has 1 heterocycles. The first-order valence-electron chi connectivity index (χ1n) is 6.14. The molecule has 2 N–H and O–H groups in total. The van der Waals surface area contributed by atoms with Crippen LogP contribution in [-0.4, -0.2) is 11.1 Å². The first-order valence-corrected chi connectivity index (χ1v) is 6.14. The fourth-order valence-electron chi connectivity index (χ4n) is 2.88. The van der Waals surface area contributed by atoms with E-state index in [0.717, 1.165) is 18.7 Å².